The lowest BCUT2D eigenvalue weighted by Crippen LogP contribution is -2.10. The molecule has 0 amide bonds. The molecule has 0 fully saturated rings. The number of anilines is 1. The molecule has 0 aliphatic carbocycles. The summed E-state index contributed by atoms with van der Waals surface area (Å²) in [6.07, 6.45) is 0. The number of rotatable bonds is 4. The van der Waals surface area contributed by atoms with Crippen molar-refractivity contribution in [2.24, 2.45) is 0 Å². The standard InChI is InChI=1S/C24H21ClN4S/c1-24(2,3)16-10-8-15(9-11-16)14-30-23-19(13-27)21(18(12-26)22(28)29-23)17-6-4-5-7-20(17)25/h4-11H,14H2,1-3H3,(H2,28,29). The minimum atomic E-state index is 0.0899. The molecule has 1 aromatic heterocycles. The highest BCUT2D eigenvalue weighted by Gasteiger charge is 2.22. The molecule has 0 spiro atoms. The predicted octanol–water partition coefficient (Wildman–Crippen LogP) is 6.32. The number of benzene rings is 2. The summed E-state index contributed by atoms with van der Waals surface area (Å²) in [5.74, 6) is 0.719. The van der Waals surface area contributed by atoms with Crippen molar-refractivity contribution in [3.8, 4) is 23.3 Å². The van der Waals surface area contributed by atoms with Crippen LogP contribution in [0.4, 0.5) is 5.82 Å². The van der Waals surface area contributed by atoms with Gasteiger partial charge in [-0.05, 0) is 22.6 Å². The van der Waals surface area contributed by atoms with E-state index in [1.165, 1.54) is 17.3 Å². The monoisotopic (exact) mass is 432 g/mol. The molecule has 3 aromatic rings. The second-order valence-corrected chi connectivity index (χ2v) is 9.24. The molecule has 2 aromatic carbocycles. The average molecular weight is 433 g/mol. The summed E-state index contributed by atoms with van der Waals surface area (Å²) in [6.45, 7) is 6.53. The smallest absolute Gasteiger partial charge is 0.143 e. The Morgan fingerprint density at radius 2 is 1.63 bits per heavy atom. The lowest BCUT2D eigenvalue weighted by molar-refractivity contribution is 0.590. The maximum atomic E-state index is 9.89. The van der Waals surface area contributed by atoms with Crippen molar-refractivity contribution in [2.75, 3.05) is 5.73 Å². The summed E-state index contributed by atoms with van der Waals surface area (Å²) in [7, 11) is 0. The van der Waals surface area contributed by atoms with E-state index in [0.717, 1.165) is 5.56 Å². The molecule has 4 nitrogen and oxygen atoms in total. The van der Waals surface area contributed by atoms with Gasteiger partial charge in [-0.15, -0.1) is 11.8 Å². The second-order valence-electron chi connectivity index (χ2n) is 7.87. The van der Waals surface area contributed by atoms with Crippen LogP contribution in [-0.4, -0.2) is 4.98 Å². The highest BCUT2D eigenvalue weighted by Crippen LogP contribution is 2.39. The van der Waals surface area contributed by atoms with Crippen molar-refractivity contribution in [1.82, 2.24) is 4.98 Å². The lowest BCUT2D eigenvalue weighted by Gasteiger charge is -2.19. The molecule has 2 N–H and O–H groups in total. The zero-order chi connectivity index (χ0) is 21.9. The first-order chi connectivity index (χ1) is 14.3. The number of nitriles is 2. The Bertz CT molecular complexity index is 1170. The van der Waals surface area contributed by atoms with Crippen LogP contribution in [0.25, 0.3) is 11.1 Å². The second kappa shape index (κ2) is 8.79. The largest absolute Gasteiger partial charge is 0.383 e. The van der Waals surface area contributed by atoms with Gasteiger partial charge in [0, 0.05) is 21.9 Å². The molecule has 0 radical (unpaired) electrons. The molecular weight excluding hydrogens is 412 g/mol. The summed E-state index contributed by atoms with van der Waals surface area (Å²) < 4.78 is 0. The number of halogens is 1. The third kappa shape index (κ3) is 4.44. The lowest BCUT2D eigenvalue weighted by atomic mass is 9.87. The van der Waals surface area contributed by atoms with Crippen molar-refractivity contribution in [1.29, 1.82) is 10.5 Å². The summed E-state index contributed by atoms with van der Waals surface area (Å²) >= 11 is 7.78. The van der Waals surface area contributed by atoms with Gasteiger partial charge < -0.3 is 5.73 Å². The van der Waals surface area contributed by atoms with Gasteiger partial charge in [0.1, 0.15) is 28.5 Å². The highest BCUT2D eigenvalue weighted by atomic mass is 35.5. The topological polar surface area (TPSA) is 86.5 Å². The number of aromatic nitrogens is 1. The van der Waals surface area contributed by atoms with Crippen molar-refractivity contribution in [2.45, 2.75) is 37.0 Å². The minimum absolute atomic E-state index is 0.0899. The van der Waals surface area contributed by atoms with E-state index in [2.05, 4.69) is 62.2 Å². The van der Waals surface area contributed by atoms with Gasteiger partial charge in [0.05, 0.1) is 5.56 Å². The van der Waals surface area contributed by atoms with Crippen molar-refractivity contribution in [3.05, 3.63) is 75.8 Å². The van der Waals surface area contributed by atoms with Gasteiger partial charge in [-0.3, -0.25) is 0 Å². The molecule has 30 heavy (non-hydrogen) atoms. The minimum Gasteiger partial charge on any atom is -0.383 e. The van der Waals surface area contributed by atoms with E-state index >= 15 is 0 Å². The number of pyridine rings is 1. The molecule has 6 heteroatoms. The number of thioether (sulfide) groups is 1. The third-order valence-electron chi connectivity index (χ3n) is 4.75. The Morgan fingerprint density at radius 1 is 1.00 bits per heavy atom. The van der Waals surface area contributed by atoms with E-state index < -0.39 is 0 Å². The number of hydrogen-bond donors (Lipinski definition) is 1. The van der Waals surface area contributed by atoms with Crippen LogP contribution >= 0.6 is 23.4 Å². The molecular formula is C24H21ClN4S. The van der Waals surface area contributed by atoms with Crippen LogP contribution in [0.1, 0.15) is 43.0 Å². The van der Waals surface area contributed by atoms with Crippen LogP contribution in [0.3, 0.4) is 0 Å². The number of hydrogen-bond acceptors (Lipinski definition) is 5. The molecule has 0 atom stereocenters. The maximum absolute atomic E-state index is 9.89. The van der Waals surface area contributed by atoms with E-state index in [1.807, 2.05) is 6.07 Å². The molecule has 0 saturated carbocycles. The van der Waals surface area contributed by atoms with Crippen molar-refractivity contribution >= 4 is 29.2 Å². The predicted molar refractivity (Wildman–Crippen MR) is 123 cm³/mol. The first-order valence-electron chi connectivity index (χ1n) is 9.37. The average Bonchev–Trinajstić information content (AvgIpc) is 2.72. The van der Waals surface area contributed by atoms with Crippen LogP contribution in [0.15, 0.2) is 53.6 Å². The van der Waals surface area contributed by atoms with Gasteiger partial charge in [0.25, 0.3) is 0 Å². The maximum Gasteiger partial charge on any atom is 0.143 e. The number of nitrogens with two attached hydrogens (primary N) is 1. The van der Waals surface area contributed by atoms with E-state index in [1.54, 1.807) is 18.2 Å². The van der Waals surface area contributed by atoms with Gasteiger partial charge >= 0.3 is 0 Å². The first-order valence-corrected chi connectivity index (χ1v) is 10.7. The molecule has 0 saturated heterocycles. The summed E-state index contributed by atoms with van der Waals surface area (Å²) in [6, 6.07) is 19.8. The zero-order valence-electron chi connectivity index (χ0n) is 17.0. The van der Waals surface area contributed by atoms with E-state index in [-0.39, 0.29) is 16.8 Å². The Morgan fingerprint density at radius 3 is 2.20 bits per heavy atom. The summed E-state index contributed by atoms with van der Waals surface area (Å²) in [5.41, 5.74) is 10.0. The van der Waals surface area contributed by atoms with Crippen LogP contribution < -0.4 is 5.73 Å². The number of nitrogens with zero attached hydrogens (tertiary/aromatic N) is 3. The van der Waals surface area contributed by atoms with Crippen LogP contribution in [0.5, 0.6) is 0 Å². The Balaban J connectivity index is 2.01. The van der Waals surface area contributed by atoms with Gasteiger partial charge in [-0.1, -0.05) is 74.8 Å². The fourth-order valence-electron chi connectivity index (χ4n) is 3.09. The van der Waals surface area contributed by atoms with Crippen molar-refractivity contribution in [3.63, 3.8) is 0 Å². The van der Waals surface area contributed by atoms with Gasteiger partial charge in [0.2, 0.25) is 0 Å². The van der Waals surface area contributed by atoms with E-state index in [9.17, 15) is 10.5 Å². The van der Waals surface area contributed by atoms with E-state index in [4.69, 9.17) is 17.3 Å². The van der Waals surface area contributed by atoms with Crippen LogP contribution in [0, 0.1) is 22.7 Å². The molecule has 0 unspecified atom stereocenters. The third-order valence-corrected chi connectivity index (χ3v) is 6.13. The molecule has 150 valence electrons. The summed E-state index contributed by atoms with van der Waals surface area (Å²) in [4.78, 5) is 4.36. The van der Waals surface area contributed by atoms with E-state index in [0.29, 0.717) is 32.5 Å². The Kier molecular flexibility index (Phi) is 6.37. The van der Waals surface area contributed by atoms with Gasteiger partial charge in [-0.25, -0.2) is 4.98 Å². The van der Waals surface area contributed by atoms with Gasteiger partial charge in [0.15, 0.2) is 0 Å². The normalized spacial score (nSPS) is 11.0. The zero-order valence-corrected chi connectivity index (χ0v) is 18.6. The molecule has 0 aliphatic heterocycles. The fraction of sp³-hybridized carbons (Fsp3) is 0.208. The molecule has 0 bridgehead atoms. The summed E-state index contributed by atoms with van der Waals surface area (Å²) in [5, 5.41) is 20.5. The Labute approximate surface area is 186 Å². The number of nitrogen functional groups attached to an aromatic ring is 1. The molecule has 3 rings (SSSR count). The van der Waals surface area contributed by atoms with Crippen LogP contribution in [-0.2, 0) is 11.2 Å². The highest BCUT2D eigenvalue weighted by molar-refractivity contribution is 7.98. The SMILES string of the molecule is CC(C)(C)c1ccc(CSc2nc(N)c(C#N)c(-c3ccccc3Cl)c2C#N)cc1. The first kappa shape index (κ1) is 21.7. The van der Waals surface area contributed by atoms with Crippen molar-refractivity contribution < 1.29 is 0 Å². The fourth-order valence-corrected chi connectivity index (χ4v) is 4.27. The molecule has 1 heterocycles. The van der Waals surface area contributed by atoms with Gasteiger partial charge in [-0.2, -0.15) is 10.5 Å². The quantitative estimate of drug-likeness (QED) is 0.487. The molecule has 0 aliphatic rings. The van der Waals surface area contributed by atoms with Crippen LogP contribution in [0.2, 0.25) is 5.02 Å². The Hall–Kier alpha value is -2.99.